The van der Waals surface area contributed by atoms with Gasteiger partial charge in [0.1, 0.15) is 0 Å². The van der Waals surface area contributed by atoms with Gasteiger partial charge in [-0.2, -0.15) is 0 Å². The number of ether oxygens (including phenoxy) is 1. The van der Waals surface area contributed by atoms with E-state index in [1.54, 1.807) is 0 Å². The second-order valence-electron chi connectivity index (χ2n) is 2.40. The first-order chi connectivity index (χ1) is 5.70. The topological polar surface area (TPSA) is 53.0 Å². The third kappa shape index (κ3) is 2.88. The lowest BCUT2D eigenvalue weighted by Gasteiger charge is -2.27. The molecule has 0 saturated carbocycles. The molecule has 0 spiro atoms. The minimum Gasteiger partial charge on any atom is -0.464 e. The summed E-state index contributed by atoms with van der Waals surface area (Å²) in [6, 6.07) is 0. The Hall–Kier alpha value is -0.460. The minimum atomic E-state index is -0.925. The van der Waals surface area contributed by atoms with Gasteiger partial charge < -0.3 is 9.84 Å². The van der Waals surface area contributed by atoms with E-state index in [-0.39, 0.29) is 0 Å². The summed E-state index contributed by atoms with van der Waals surface area (Å²) in [6.45, 7) is 2.92. The van der Waals surface area contributed by atoms with Crippen molar-refractivity contribution in [1.29, 1.82) is 0 Å². The number of carboxylic acid groups (broad SMARTS) is 1. The fraction of sp³-hybridized carbons (Fsp3) is 0.833. The van der Waals surface area contributed by atoms with Crippen molar-refractivity contribution in [3.8, 4) is 0 Å². The monoisotopic (exact) mass is 192 g/mol. The second-order valence-corrected chi connectivity index (χ2v) is 3.63. The number of rotatable bonds is 2. The summed E-state index contributed by atoms with van der Waals surface area (Å²) in [7, 11) is 1.53. The van der Waals surface area contributed by atoms with Crippen molar-refractivity contribution in [1.82, 2.24) is 8.61 Å². The van der Waals surface area contributed by atoms with Crippen molar-refractivity contribution in [2.24, 2.45) is 0 Å². The lowest BCUT2D eigenvalue weighted by Crippen LogP contribution is -2.35. The molecule has 0 radical (unpaired) electrons. The van der Waals surface area contributed by atoms with E-state index in [4.69, 9.17) is 9.84 Å². The molecular weight excluding hydrogens is 180 g/mol. The van der Waals surface area contributed by atoms with Gasteiger partial charge in [0.15, 0.2) is 0 Å². The van der Waals surface area contributed by atoms with Crippen LogP contribution in [0.15, 0.2) is 0 Å². The molecule has 1 aliphatic rings. The zero-order valence-electron chi connectivity index (χ0n) is 6.89. The van der Waals surface area contributed by atoms with Crippen molar-refractivity contribution in [2.45, 2.75) is 0 Å². The van der Waals surface area contributed by atoms with E-state index in [0.29, 0.717) is 13.2 Å². The molecule has 1 heterocycles. The standard InChI is InChI=1S/C6H12N2O3S/c1-7(6(9)10)12-8-2-4-11-5-3-8/h2-5H2,1H3,(H,9,10). The molecule has 0 unspecified atom stereocenters. The molecule has 0 atom stereocenters. The molecule has 0 bridgehead atoms. The Morgan fingerprint density at radius 3 is 2.67 bits per heavy atom. The van der Waals surface area contributed by atoms with Crippen LogP contribution in [0, 0.1) is 0 Å². The molecule has 6 heteroatoms. The highest BCUT2D eigenvalue weighted by atomic mass is 32.2. The van der Waals surface area contributed by atoms with E-state index in [1.165, 1.54) is 23.5 Å². The molecule has 5 nitrogen and oxygen atoms in total. The molecule has 1 fully saturated rings. The molecule has 1 saturated heterocycles. The van der Waals surface area contributed by atoms with Crippen molar-refractivity contribution in [2.75, 3.05) is 33.4 Å². The molecule has 1 N–H and O–H groups in total. The van der Waals surface area contributed by atoms with Crippen LogP contribution in [0.5, 0.6) is 0 Å². The van der Waals surface area contributed by atoms with Gasteiger partial charge in [0.2, 0.25) is 0 Å². The van der Waals surface area contributed by atoms with Gasteiger partial charge >= 0.3 is 6.09 Å². The van der Waals surface area contributed by atoms with E-state index in [1.807, 2.05) is 4.31 Å². The van der Waals surface area contributed by atoms with Gasteiger partial charge in [0.05, 0.1) is 13.2 Å². The summed E-state index contributed by atoms with van der Waals surface area (Å²) in [5.41, 5.74) is 0. The van der Waals surface area contributed by atoms with Crippen LogP contribution in [-0.2, 0) is 4.74 Å². The van der Waals surface area contributed by atoms with Crippen molar-refractivity contribution in [3.05, 3.63) is 0 Å². The van der Waals surface area contributed by atoms with Crippen LogP contribution >= 0.6 is 12.1 Å². The van der Waals surface area contributed by atoms with E-state index in [0.717, 1.165) is 13.1 Å². The highest BCUT2D eigenvalue weighted by Gasteiger charge is 2.15. The zero-order chi connectivity index (χ0) is 8.97. The second kappa shape index (κ2) is 4.54. The van der Waals surface area contributed by atoms with Crippen molar-refractivity contribution < 1.29 is 14.6 Å². The maximum absolute atomic E-state index is 10.4. The van der Waals surface area contributed by atoms with Crippen molar-refractivity contribution >= 4 is 18.2 Å². The summed E-state index contributed by atoms with van der Waals surface area (Å²) in [5.74, 6) is 0. The Kier molecular flexibility index (Phi) is 3.64. The number of amides is 1. The number of nitrogens with zero attached hydrogens (tertiary/aromatic N) is 2. The van der Waals surface area contributed by atoms with Crippen LogP contribution in [0.1, 0.15) is 0 Å². The molecule has 0 aromatic rings. The molecule has 0 aliphatic carbocycles. The highest BCUT2D eigenvalue weighted by Crippen LogP contribution is 2.15. The lowest BCUT2D eigenvalue weighted by atomic mass is 10.5. The van der Waals surface area contributed by atoms with Crippen LogP contribution in [0.4, 0.5) is 4.79 Å². The Morgan fingerprint density at radius 2 is 2.17 bits per heavy atom. The quantitative estimate of drug-likeness (QED) is 0.645. The van der Waals surface area contributed by atoms with Gasteiger partial charge in [-0.3, -0.25) is 0 Å². The summed E-state index contributed by atoms with van der Waals surface area (Å²) < 4.78 is 8.28. The summed E-state index contributed by atoms with van der Waals surface area (Å²) in [5, 5.41) is 8.56. The first-order valence-electron chi connectivity index (χ1n) is 3.67. The fourth-order valence-corrected chi connectivity index (χ4v) is 1.57. The van der Waals surface area contributed by atoms with Crippen LogP contribution in [-0.4, -0.2) is 53.2 Å². The average molecular weight is 192 g/mol. The molecule has 1 rings (SSSR count). The van der Waals surface area contributed by atoms with Gasteiger partial charge in [-0.15, -0.1) is 0 Å². The molecule has 0 aromatic heterocycles. The third-order valence-corrected chi connectivity index (χ3v) is 2.47. The summed E-state index contributed by atoms with van der Waals surface area (Å²) >= 11 is 1.22. The van der Waals surface area contributed by atoms with Gasteiger partial charge in [-0.25, -0.2) is 13.4 Å². The first kappa shape index (κ1) is 9.63. The van der Waals surface area contributed by atoms with Crippen LogP contribution < -0.4 is 0 Å². The predicted molar refractivity (Wildman–Crippen MR) is 45.8 cm³/mol. The van der Waals surface area contributed by atoms with Crippen LogP contribution in [0.2, 0.25) is 0 Å². The van der Waals surface area contributed by atoms with E-state index >= 15 is 0 Å². The number of hydrogen-bond acceptors (Lipinski definition) is 4. The molecular formula is C6H12N2O3S. The maximum Gasteiger partial charge on any atom is 0.418 e. The Balaban J connectivity index is 2.24. The Bertz CT molecular complexity index is 161. The molecule has 1 aliphatic heterocycles. The third-order valence-electron chi connectivity index (χ3n) is 1.48. The highest BCUT2D eigenvalue weighted by molar-refractivity contribution is 7.95. The van der Waals surface area contributed by atoms with Crippen LogP contribution in [0.25, 0.3) is 0 Å². The first-order valence-corrected chi connectivity index (χ1v) is 4.40. The SMILES string of the molecule is CN(SN1CCOCC1)C(=O)O. The molecule has 1 amide bonds. The summed E-state index contributed by atoms with van der Waals surface area (Å²) in [6.07, 6.45) is -0.925. The Morgan fingerprint density at radius 1 is 1.58 bits per heavy atom. The summed E-state index contributed by atoms with van der Waals surface area (Å²) in [4.78, 5) is 10.4. The zero-order valence-corrected chi connectivity index (χ0v) is 7.71. The fourth-order valence-electron chi connectivity index (χ4n) is 0.836. The minimum absolute atomic E-state index is 0.681. The molecule has 12 heavy (non-hydrogen) atoms. The van der Waals surface area contributed by atoms with E-state index < -0.39 is 6.09 Å². The van der Waals surface area contributed by atoms with Gasteiger partial charge in [0.25, 0.3) is 0 Å². The molecule has 0 aromatic carbocycles. The Labute approximate surface area is 75.5 Å². The lowest BCUT2D eigenvalue weighted by molar-refractivity contribution is 0.0759. The normalized spacial score (nSPS) is 19.1. The van der Waals surface area contributed by atoms with Gasteiger partial charge in [0, 0.05) is 32.3 Å². The molecule has 70 valence electrons. The number of morpholine rings is 1. The number of hydrogen-bond donors (Lipinski definition) is 1. The van der Waals surface area contributed by atoms with Crippen molar-refractivity contribution in [3.63, 3.8) is 0 Å². The van der Waals surface area contributed by atoms with Gasteiger partial charge in [-0.05, 0) is 0 Å². The van der Waals surface area contributed by atoms with Crippen LogP contribution in [0.3, 0.4) is 0 Å². The van der Waals surface area contributed by atoms with E-state index in [2.05, 4.69) is 0 Å². The van der Waals surface area contributed by atoms with Gasteiger partial charge in [-0.1, -0.05) is 0 Å². The largest absolute Gasteiger partial charge is 0.464 e. The maximum atomic E-state index is 10.4. The number of carbonyl (C=O) groups is 1. The van der Waals surface area contributed by atoms with E-state index in [9.17, 15) is 4.79 Å². The predicted octanol–water partition coefficient (Wildman–Crippen LogP) is 0.492. The average Bonchev–Trinajstić information content (AvgIpc) is 2.06. The smallest absolute Gasteiger partial charge is 0.418 e.